The Morgan fingerprint density at radius 2 is 2.20 bits per heavy atom. The molecule has 104 valence electrons. The fraction of sp³-hybridized carbons (Fsp3) is 0.357. The number of allylic oxidation sites excluding steroid dienone is 1. The second kappa shape index (κ2) is 4.94. The maximum absolute atomic E-state index is 10.8. The van der Waals surface area contributed by atoms with E-state index in [-0.39, 0.29) is 11.2 Å². The fourth-order valence-electron chi connectivity index (χ4n) is 2.45. The number of benzene rings is 1. The van der Waals surface area contributed by atoms with Crippen LogP contribution in [0.1, 0.15) is 32.4 Å². The van der Waals surface area contributed by atoms with E-state index in [0.717, 1.165) is 5.70 Å². The molecule has 1 aliphatic rings. The van der Waals surface area contributed by atoms with Crippen LogP contribution in [0.4, 0.5) is 5.69 Å². The molecule has 1 aromatic rings. The first-order valence-corrected chi connectivity index (χ1v) is 6.24. The molecule has 20 heavy (non-hydrogen) atoms. The lowest BCUT2D eigenvalue weighted by atomic mass is 9.99. The molecule has 0 saturated carbocycles. The summed E-state index contributed by atoms with van der Waals surface area (Å²) in [4.78, 5) is 10.4. The van der Waals surface area contributed by atoms with Crippen LogP contribution in [0.25, 0.3) is 0 Å². The van der Waals surface area contributed by atoms with Gasteiger partial charge in [-0.2, -0.15) is 10.3 Å². The number of nitrogens with one attached hydrogen (secondary N) is 1. The van der Waals surface area contributed by atoms with E-state index >= 15 is 0 Å². The molecular weight excluding hydrogens is 256 g/mol. The predicted octanol–water partition coefficient (Wildman–Crippen LogP) is 2.66. The van der Waals surface area contributed by atoms with Crippen molar-refractivity contribution in [2.75, 3.05) is 0 Å². The molecule has 6 nitrogen and oxygen atoms in total. The Bertz CT molecular complexity index is 616. The highest BCUT2D eigenvalue weighted by Crippen LogP contribution is 2.32. The molecule has 0 unspecified atom stereocenters. The average Bonchev–Trinajstić information content (AvgIpc) is 2.64. The minimum absolute atomic E-state index is 0.00978. The van der Waals surface area contributed by atoms with Gasteiger partial charge in [0.05, 0.1) is 16.5 Å². The third kappa shape index (κ3) is 2.49. The number of nitriles is 1. The van der Waals surface area contributed by atoms with Gasteiger partial charge in [-0.15, -0.1) is 0 Å². The van der Waals surface area contributed by atoms with Crippen molar-refractivity contribution < 1.29 is 4.92 Å². The molecule has 0 fully saturated rings. The second-order valence-corrected chi connectivity index (χ2v) is 5.35. The molecule has 1 atom stereocenters. The Morgan fingerprint density at radius 3 is 2.70 bits per heavy atom. The number of nitrogens with zero attached hydrogens (tertiary/aromatic N) is 3. The van der Waals surface area contributed by atoms with Crippen LogP contribution in [0.3, 0.4) is 0 Å². The van der Waals surface area contributed by atoms with Crippen molar-refractivity contribution in [2.24, 2.45) is 0 Å². The standard InChI is InChI=1S/C14H16N4O2/c1-10-8-14(2,3)17(16-10)13(9-15)11-5-4-6-12(7-11)18(19)20/h4-8,13,16H,1-3H3/t13-/m0/s1. The molecule has 0 spiro atoms. The summed E-state index contributed by atoms with van der Waals surface area (Å²) in [5.74, 6) is 0. The number of hydrogen-bond acceptors (Lipinski definition) is 5. The Labute approximate surface area is 117 Å². The molecule has 1 aromatic carbocycles. The largest absolute Gasteiger partial charge is 0.321 e. The molecule has 0 saturated heterocycles. The summed E-state index contributed by atoms with van der Waals surface area (Å²) < 4.78 is 0. The van der Waals surface area contributed by atoms with Crippen LogP contribution in [0, 0.1) is 21.4 Å². The average molecular weight is 272 g/mol. The molecule has 1 N–H and O–H groups in total. The van der Waals surface area contributed by atoms with Crippen molar-refractivity contribution in [2.45, 2.75) is 32.4 Å². The molecule has 6 heteroatoms. The number of hydrazine groups is 1. The van der Waals surface area contributed by atoms with Gasteiger partial charge in [0.25, 0.3) is 5.69 Å². The minimum Gasteiger partial charge on any atom is -0.321 e. The fourth-order valence-corrected chi connectivity index (χ4v) is 2.45. The van der Waals surface area contributed by atoms with Crippen LogP contribution in [0.5, 0.6) is 0 Å². The summed E-state index contributed by atoms with van der Waals surface area (Å²) >= 11 is 0. The zero-order valence-electron chi connectivity index (χ0n) is 11.6. The van der Waals surface area contributed by atoms with Gasteiger partial charge >= 0.3 is 0 Å². The summed E-state index contributed by atoms with van der Waals surface area (Å²) in [6.45, 7) is 5.89. The van der Waals surface area contributed by atoms with Crippen molar-refractivity contribution in [1.29, 1.82) is 5.26 Å². The van der Waals surface area contributed by atoms with Crippen molar-refractivity contribution in [3.8, 4) is 6.07 Å². The molecule has 1 aliphatic heterocycles. The quantitative estimate of drug-likeness (QED) is 0.675. The molecular formula is C14H16N4O2. The summed E-state index contributed by atoms with van der Waals surface area (Å²) in [6.07, 6.45) is 2.02. The molecule has 0 amide bonds. The van der Waals surface area contributed by atoms with E-state index in [1.807, 2.05) is 26.8 Å². The van der Waals surface area contributed by atoms with E-state index in [1.165, 1.54) is 12.1 Å². The van der Waals surface area contributed by atoms with Gasteiger partial charge in [0.2, 0.25) is 0 Å². The lowest BCUT2D eigenvalue weighted by Crippen LogP contribution is -2.46. The lowest BCUT2D eigenvalue weighted by Gasteiger charge is -2.34. The number of non-ortho nitro benzene ring substituents is 1. The van der Waals surface area contributed by atoms with Gasteiger partial charge in [-0.3, -0.25) is 10.1 Å². The molecule has 2 rings (SSSR count). The predicted molar refractivity (Wildman–Crippen MR) is 74.3 cm³/mol. The number of hydrogen-bond donors (Lipinski definition) is 1. The Hall–Kier alpha value is -2.39. The highest BCUT2D eigenvalue weighted by atomic mass is 16.6. The van der Waals surface area contributed by atoms with Crippen LogP contribution in [0.15, 0.2) is 36.0 Å². The normalized spacial score (nSPS) is 18.8. The van der Waals surface area contributed by atoms with E-state index in [0.29, 0.717) is 5.56 Å². The SMILES string of the molecule is CC1=CC(C)(C)N([C@@H](C#N)c2cccc([N+](=O)[O-])c2)N1. The van der Waals surface area contributed by atoms with Gasteiger partial charge in [0, 0.05) is 17.8 Å². The van der Waals surface area contributed by atoms with Crippen molar-refractivity contribution >= 4 is 5.69 Å². The van der Waals surface area contributed by atoms with E-state index in [9.17, 15) is 15.4 Å². The first-order valence-electron chi connectivity index (χ1n) is 6.24. The Morgan fingerprint density at radius 1 is 1.50 bits per heavy atom. The third-order valence-electron chi connectivity index (χ3n) is 3.26. The van der Waals surface area contributed by atoms with Gasteiger partial charge in [0.15, 0.2) is 0 Å². The molecule has 0 bridgehead atoms. The van der Waals surface area contributed by atoms with E-state index in [1.54, 1.807) is 17.1 Å². The topological polar surface area (TPSA) is 82.2 Å². The van der Waals surface area contributed by atoms with Crippen molar-refractivity contribution in [1.82, 2.24) is 10.4 Å². The Kier molecular flexibility index (Phi) is 3.47. The summed E-state index contributed by atoms with van der Waals surface area (Å²) in [7, 11) is 0. The summed E-state index contributed by atoms with van der Waals surface area (Å²) in [6, 6.07) is 7.80. The van der Waals surface area contributed by atoms with Crippen molar-refractivity contribution in [3.63, 3.8) is 0 Å². The van der Waals surface area contributed by atoms with E-state index in [4.69, 9.17) is 0 Å². The smallest absolute Gasteiger partial charge is 0.269 e. The van der Waals surface area contributed by atoms with Crippen LogP contribution < -0.4 is 5.43 Å². The first kappa shape index (κ1) is 14.0. The van der Waals surface area contributed by atoms with Gasteiger partial charge in [-0.1, -0.05) is 12.1 Å². The molecule has 0 aliphatic carbocycles. The van der Waals surface area contributed by atoms with E-state index in [2.05, 4.69) is 11.5 Å². The minimum atomic E-state index is -0.599. The van der Waals surface area contributed by atoms with Gasteiger partial charge in [0.1, 0.15) is 6.04 Å². The zero-order chi connectivity index (χ0) is 14.9. The molecule has 0 radical (unpaired) electrons. The van der Waals surface area contributed by atoms with Crippen molar-refractivity contribution in [3.05, 3.63) is 51.7 Å². The number of rotatable bonds is 3. The zero-order valence-corrected chi connectivity index (χ0v) is 11.6. The van der Waals surface area contributed by atoms with Crippen LogP contribution >= 0.6 is 0 Å². The van der Waals surface area contributed by atoms with Crippen LogP contribution in [-0.4, -0.2) is 15.5 Å². The van der Waals surface area contributed by atoms with E-state index < -0.39 is 11.0 Å². The maximum Gasteiger partial charge on any atom is 0.269 e. The van der Waals surface area contributed by atoms with Crippen LogP contribution in [-0.2, 0) is 0 Å². The number of nitro groups is 1. The molecule has 0 aromatic heterocycles. The maximum atomic E-state index is 10.8. The highest BCUT2D eigenvalue weighted by molar-refractivity contribution is 5.38. The highest BCUT2D eigenvalue weighted by Gasteiger charge is 2.37. The first-order chi connectivity index (χ1) is 9.35. The number of nitro benzene ring substituents is 1. The summed E-state index contributed by atoms with van der Waals surface area (Å²) in [5, 5.41) is 22.1. The lowest BCUT2D eigenvalue weighted by molar-refractivity contribution is -0.384. The van der Waals surface area contributed by atoms with Gasteiger partial charge in [-0.25, -0.2) is 0 Å². The monoisotopic (exact) mass is 272 g/mol. The summed E-state index contributed by atoms with van der Waals surface area (Å²) in [5.41, 5.74) is 4.36. The van der Waals surface area contributed by atoms with Crippen LogP contribution in [0.2, 0.25) is 0 Å². The van der Waals surface area contributed by atoms with Gasteiger partial charge < -0.3 is 5.43 Å². The Balaban J connectivity index is 2.38. The molecule has 1 heterocycles. The van der Waals surface area contributed by atoms with Gasteiger partial charge in [-0.05, 0) is 32.4 Å². The third-order valence-corrected chi connectivity index (χ3v) is 3.26. The second-order valence-electron chi connectivity index (χ2n) is 5.35.